The van der Waals surface area contributed by atoms with Crippen molar-refractivity contribution < 1.29 is 9.90 Å². The largest absolute Gasteiger partial charge is 0.391 e. The van der Waals surface area contributed by atoms with Crippen LogP contribution in [0.2, 0.25) is 0 Å². The van der Waals surface area contributed by atoms with E-state index < -0.39 is 12.1 Å². The zero-order valence-corrected chi connectivity index (χ0v) is 8.86. The van der Waals surface area contributed by atoms with Gasteiger partial charge < -0.3 is 16.2 Å². The van der Waals surface area contributed by atoms with E-state index in [-0.39, 0.29) is 18.4 Å². The van der Waals surface area contributed by atoms with E-state index in [0.717, 1.165) is 0 Å². The molecule has 14 heavy (non-hydrogen) atoms. The topological polar surface area (TPSA) is 75.4 Å². The van der Waals surface area contributed by atoms with Crippen LogP contribution in [-0.2, 0) is 4.79 Å². The molecular formula is C10H20N2O2. The second kappa shape index (κ2) is 6.56. The molecule has 0 aliphatic heterocycles. The second-order valence-electron chi connectivity index (χ2n) is 3.69. The number of nitrogens with one attached hydrogen (secondary N) is 1. The summed E-state index contributed by atoms with van der Waals surface area (Å²) in [5.74, 6) is -0.115. The Morgan fingerprint density at radius 3 is 2.64 bits per heavy atom. The molecule has 0 heterocycles. The fourth-order valence-electron chi connectivity index (χ4n) is 0.859. The molecule has 2 atom stereocenters. The predicted molar refractivity (Wildman–Crippen MR) is 56.6 cm³/mol. The Balaban J connectivity index is 3.78. The average Bonchev–Trinajstić information content (AvgIpc) is 2.13. The van der Waals surface area contributed by atoms with Gasteiger partial charge in [0.2, 0.25) is 5.91 Å². The summed E-state index contributed by atoms with van der Waals surface area (Å²) in [5.41, 5.74) is 5.53. The van der Waals surface area contributed by atoms with Crippen LogP contribution in [0.5, 0.6) is 0 Å². The maximum Gasteiger partial charge on any atom is 0.237 e. The van der Waals surface area contributed by atoms with Gasteiger partial charge in [-0.3, -0.25) is 4.79 Å². The lowest BCUT2D eigenvalue weighted by Gasteiger charge is -2.16. The molecule has 0 aromatic rings. The maximum absolute atomic E-state index is 11.3. The van der Waals surface area contributed by atoms with Gasteiger partial charge in [-0.15, -0.1) is 6.58 Å². The molecule has 0 saturated carbocycles. The number of carbonyl (C=O) groups excluding carboxylic acids is 1. The minimum absolute atomic E-state index is 0.130. The third-order valence-corrected chi connectivity index (χ3v) is 2.01. The highest BCUT2D eigenvalue weighted by molar-refractivity contribution is 5.81. The highest BCUT2D eigenvalue weighted by atomic mass is 16.3. The fourth-order valence-corrected chi connectivity index (χ4v) is 0.859. The molecule has 0 radical (unpaired) electrons. The number of rotatable bonds is 6. The van der Waals surface area contributed by atoms with E-state index in [2.05, 4.69) is 11.9 Å². The lowest BCUT2D eigenvalue weighted by molar-refractivity contribution is -0.122. The lowest BCUT2D eigenvalue weighted by Crippen LogP contribution is -2.44. The summed E-state index contributed by atoms with van der Waals surface area (Å²) in [6, 6.07) is -0.563. The van der Waals surface area contributed by atoms with Gasteiger partial charge in [-0.05, 0) is 12.3 Å². The Labute approximate surface area is 85.2 Å². The van der Waals surface area contributed by atoms with Gasteiger partial charge in [0.05, 0.1) is 12.1 Å². The Kier molecular flexibility index (Phi) is 6.16. The number of hydrogen-bond acceptors (Lipinski definition) is 3. The van der Waals surface area contributed by atoms with Crippen LogP contribution in [0, 0.1) is 5.92 Å². The standard InChI is InChI=1S/C10H20N2O2/c1-4-5-8(11)10(14)12-6-9(13)7(2)3/h4,7-9,13H,1,5-6,11H2,2-3H3,(H,12,14). The fraction of sp³-hybridized carbons (Fsp3) is 0.700. The van der Waals surface area contributed by atoms with Gasteiger partial charge in [0, 0.05) is 6.54 Å². The first-order chi connectivity index (χ1) is 6.49. The molecule has 2 unspecified atom stereocenters. The van der Waals surface area contributed by atoms with Crippen LogP contribution >= 0.6 is 0 Å². The van der Waals surface area contributed by atoms with Crippen molar-refractivity contribution in [2.75, 3.05) is 6.54 Å². The van der Waals surface area contributed by atoms with Gasteiger partial charge >= 0.3 is 0 Å². The lowest BCUT2D eigenvalue weighted by atomic mass is 10.1. The van der Waals surface area contributed by atoms with Crippen molar-refractivity contribution in [3.63, 3.8) is 0 Å². The first-order valence-electron chi connectivity index (χ1n) is 4.81. The first-order valence-corrected chi connectivity index (χ1v) is 4.81. The van der Waals surface area contributed by atoms with Crippen LogP contribution in [0.1, 0.15) is 20.3 Å². The Bertz CT molecular complexity index is 193. The van der Waals surface area contributed by atoms with Crippen LogP contribution < -0.4 is 11.1 Å². The van der Waals surface area contributed by atoms with E-state index in [1.807, 2.05) is 13.8 Å². The van der Waals surface area contributed by atoms with Gasteiger partial charge in [0.15, 0.2) is 0 Å². The third kappa shape index (κ3) is 4.99. The van der Waals surface area contributed by atoms with E-state index in [0.29, 0.717) is 6.42 Å². The summed E-state index contributed by atoms with van der Waals surface area (Å²) in [5, 5.41) is 12.0. The molecule has 0 saturated heterocycles. The van der Waals surface area contributed by atoms with E-state index in [9.17, 15) is 9.90 Å². The summed E-state index contributed by atoms with van der Waals surface area (Å²) >= 11 is 0. The second-order valence-corrected chi connectivity index (χ2v) is 3.69. The molecule has 0 fully saturated rings. The average molecular weight is 200 g/mol. The number of aliphatic hydroxyl groups is 1. The number of nitrogens with two attached hydrogens (primary N) is 1. The van der Waals surface area contributed by atoms with Gasteiger partial charge in [-0.1, -0.05) is 19.9 Å². The zero-order chi connectivity index (χ0) is 11.1. The molecule has 4 heteroatoms. The van der Waals surface area contributed by atoms with Gasteiger partial charge in [0.1, 0.15) is 0 Å². The monoisotopic (exact) mass is 200 g/mol. The first kappa shape index (κ1) is 13.1. The van der Waals surface area contributed by atoms with E-state index in [1.165, 1.54) is 0 Å². The Morgan fingerprint density at radius 2 is 2.21 bits per heavy atom. The highest BCUT2D eigenvalue weighted by Crippen LogP contribution is 1.99. The summed E-state index contributed by atoms with van der Waals surface area (Å²) in [6.07, 6.45) is 1.53. The molecule has 4 nitrogen and oxygen atoms in total. The van der Waals surface area contributed by atoms with Gasteiger partial charge in [0.25, 0.3) is 0 Å². The SMILES string of the molecule is C=CCC(N)C(=O)NCC(O)C(C)C. The van der Waals surface area contributed by atoms with Crippen LogP contribution in [-0.4, -0.2) is 29.7 Å². The highest BCUT2D eigenvalue weighted by Gasteiger charge is 2.14. The minimum Gasteiger partial charge on any atom is -0.391 e. The zero-order valence-electron chi connectivity index (χ0n) is 8.86. The number of hydrogen-bond donors (Lipinski definition) is 3. The molecular weight excluding hydrogens is 180 g/mol. The van der Waals surface area contributed by atoms with Crippen LogP contribution in [0.3, 0.4) is 0 Å². The molecule has 82 valence electrons. The van der Waals surface area contributed by atoms with E-state index in [4.69, 9.17) is 5.73 Å². The summed E-state index contributed by atoms with van der Waals surface area (Å²) in [6.45, 7) is 7.53. The molecule has 0 rings (SSSR count). The molecule has 0 aliphatic carbocycles. The van der Waals surface area contributed by atoms with Gasteiger partial charge in [-0.2, -0.15) is 0 Å². The van der Waals surface area contributed by atoms with Crippen LogP contribution in [0.4, 0.5) is 0 Å². The normalized spacial score (nSPS) is 14.9. The molecule has 0 aromatic heterocycles. The van der Waals surface area contributed by atoms with Crippen molar-refractivity contribution in [3.05, 3.63) is 12.7 Å². The van der Waals surface area contributed by atoms with Crippen molar-refractivity contribution in [1.82, 2.24) is 5.32 Å². The molecule has 0 bridgehead atoms. The van der Waals surface area contributed by atoms with Crippen molar-refractivity contribution in [3.8, 4) is 0 Å². The van der Waals surface area contributed by atoms with Gasteiger partial charge in [-0.25, -0.2) is 0 Å². The summed E-state index contributed by atoms with van der Waals surface area (Å²) in [4.78, 5) is 11.3. The smallest absolute Gasteiger partial charge is 0.237 e. The van der Waals surface area contributed by atoms with Crippen molar-refractivity contribution in [1.29, 1.82) is 0 Å². The van der Waals surface area contributed by atoms with Crippen molar-refractivity contribution in [2.24, 2.45) is 11.7 Å². The predicted octanol–water partition coefficient (Wildman–Crippen LogP) is 0.0229. The van der Waals surface area contributed by atoms with E-state index >= 15 is 0 Å². The van der Waals surface area contributed by atoms with Crippen molar-refractivity contribution >= 4 is 5.91 Å². The summed E-state index contributed by atoms with van der Waals surface area (Å²) in [7, 11) is 0. The number of aliphatic hydroxyl groups excluding tert-OH is 1. The van der Waals surface area contributed by atoms with Crippen LogP contribution in [0.25, 0.3) is 0 Å². The molecule has 0 aliphatic rings. The Morgan fingerprint density at radius 1 is 1.64 bits per heavy atom. The quantitative estimate of drug-likeness (QED) is 0.529. The van der Waals surface area contributed by atoms with Crippen LogP contribution in [0.15, 0.2) is 12.7 Å². The summed E-state index contributed by atoms with van der Waals surface area (Å²) < 4.78 is 0. The molecule has 0 spiro atoms. The molecule has 4 N–H and O–H groups in total. The number of amides is 1. The van der Waals surface area contributed by atoms with Crippen molar-refractivity contribution in [2.45, 2.75) is 32.4 Å². The minimum atomic E-state index is -0.563. The third-order valence-electron chi connectivity index (χ3n) is 2.01. The van der Waals surface area contributed by atoms with E-state index in [1.54, 1.807) is 6.08 Å². The maximum atomic E-state index is 11.3. The number of carbonyl (C=O) groups is 1. The molecule has 1 amide bonds. The molecule has 0 aromatic carbocycles. The Hall–Kier alpha value is -0.870.